The van der Waals surface area contributed by atoms with Crippen molar-refractivity contribution in [1.82, 2.24) is 0 Å². The van der Waals surface area contributed by atoms with Gasteiger partial charge in [0.1, 0.15) is 12.2 Å². The van der Waals surface area contributed by atoms with Gasteiger partial charge in [-0.1, -0.05) is 121 Å². The number of hydrogen-bond acceptors (Lipinski definition) is 2. The van der Waals surface area contributed by atoms with Gasteiger partial charge in [-0.3, -0.25) is 0 Å². The van der Waals surface area contributed by atoms with Crippen LogP contribution in [0.3, 0.4) is 0 Å². The molecule has 0 aliphatic heterocycles. The second-order valence-electron chi connectivity index (χ2n) is 6.72. The van der Waals surface area contributed by atoms with Crippen LogP contribution in [0.1, 0.15) is 34.5 Å². The van der Waals surface area contributed by atoms with Crippen LogP contribution < -0.4 is 0 Å². The lowest BCUT2D eigenvalue weighted by Crippen LogP contribution is -2.05. The Morgan fingerprint density at radius 1 is 0.379 bits per heavy atom. The highest BCUT2D eigenvalue weighted by atomic mass is 31.1. The SMILES string of the molecule is c1ccc(C(OPOC(c2ccccc2)c2ccccc2)c2ccccc2)cc1. The van der Waals surface area contributed by atoms with E-state index in [1.807, 2.05) is 72.8 Å². The van der Waals surface area contributed by atoms with E-state index in [4.69, 9.17) is 9.05 Å². The summed E-state index contributed by atoms with van der Waals surface area (Å²) in [6.45, 7) is 0. The molecule has 0 bridgehead atoms. The van der Waals surface area contributed by atoms with Crippen molar-refractivity contribution in [3.63, 3.8) is 0 Å². The van der Waals surface area contributed by atoms with Gasteiger partial charge < -0.3 is 9.05 Å². The molecule has 0 radical (unpaired) electrons. The smallest absolute Gasteiger partial charge is 0.156 e. The number of benzene rings is 4. The van der Waals surface area contributed by atoms with Crippen molar-refractivity contribution in [3.05, 3.63) is 144 Å². The summed E-state index contributed by atoms with van der Waals surface area (Å²) in [5.41, 5.74) is 4.47. The maximum atomic E-state index is 6.29. The van der Waals surface area contributed by atoms with E-state index in [-0.39, 0.29) is 21.2 Å². The van der Waals surface area contributed by atoms with Crippen molar-refractivity contribution < 1.29 is 9.05 Å². The molecule has 0 N–H and O–H groups in total. The van der Waals surface area contributed by atoms with Crippen LogP contribution in [0.25, 0.3) is 0 Å². The van der Waals surface area contributed by atoms with Gasteiger partial charge in [0.05, 0.1) is 0 Å². The van der Waals surface area contributed by atoms with Crippen molar-refractivity contribution in [2.24, 2.45) is 0 Å². The summed E-state index contributed by atoms with van der Waals surface area (Å²) in [6, 6.07) is 41.1. The molecule has 3 heteroatoms. The molecule has 4 rings (SSSR count). The fourth-order valence-corrected chi connectivity index (χ4v) is 4.08. The molecule has 0 atom stereocenters. The van der Waals surface area contributed by atoms with Gasteiger partial charge in [0.2, 0.25) is 0 Å². The molecule has 144 valence electrons. The second-order valence-corrected chi connectivity index (χ2v) is 7.36. The molecule has 0 aromatic heterocycles. The first-order chi connectivity index (χ1) is 14.4. The Bertz CT molecular complexity index is 814. The molecule has 29 heavy (non-hydrogen) atoms. The Morgan fingerprint density at radius 2 is 0.621 bits per heavy atom. The zero-order valence-electron chi connectivity index (χ0n) is 16.0. The average molecular weight is 398 g/mol. The van der Waals surface area contributed by atoms with E-state index in [0.29, 0.717) is 0 Å². The summed E-state index contributed by atoms with van der Waals surface area (Å²) in [5, 5.41) is 0. The van der Waals surface area contributed by atoms with Crippen molar-refractivity contribution in [3.8, 4) is 0 Å². The Kier molecular flexibility index (Phi) is 6.83. The monoisotopic (exact) mass is 398 g/mol. The van der Waals surface area contributed by atoms with Crippen LogP contribution in [0.2, 0.25) is 0 Å². The lowest BCUT2D eigenvalue weighted by Gasteiger charge is -2.22. The van der Waals surface area contributed by atoms with E-state index in [1.54, 1.807) is 0 Å². The lowest BCUT2D eigenvalue weighted by molar-refractivity contribution is 0.196. The molecule has 0 unspecified atom stereocenters. The highest BCUT2D eigenvalue weighted by Crippen LogP contribution is 2.38. The zero-order valence-corrected chi connectivity index (χ0v) is 17.0. The molecule has 0 saturated carbocycles. The predicted octanol–water partition coefficient (Wildman–Crippen LogP) is 7.11. The molecule has 0 saturated heterocycles. The van der Waals surface area contributed by atoms with Gasteiger partial charge in [-0.25, -0.2) is 0 Å². The van der Waals surface area contributed by atoms with Crippen LogP contribution in [-0.4, -0.2) is 0 Å². The fourth-order valence-electron chi connectivity index (χ4n) is 3.29. The molecule has 4 aromatic carbocycles. The first kappa shape index (κ1) is 19.5. The minimum Gasteiger partial charge on any atom is -0.323 e. The Balaban J connectivity index is 1.53. The van der Waals surface area contributed by atoms with Crippen molar-refractivity contribution in [2.75, 3.05) is 0 Å². The molecule has 0 fully saturated rings. The molecule has 0 amide bonds. The van der Waals surface area contributed by atoms with E-state index in [2.05, 4.69) is 48.5 Å². The van der Waals surface area contributed by atoms with Gasteiger partial charge in [0.25, 0.3) is 0 Å². The minimum atomic E-state index is -0.164. The fraction of sp³-hybridized carbons (Fsp3) is 0.0769. The third-order valence-electron chi connectivity index (χ3n) is 4.74. The van der Waals surface area contributed by atoms with Crippen molar-refractivity contribution >= 4 is 9.03 Å². The lowest BCUT2D eigenvalue weighted by atomic mass is 10.0. The maximum Gasteiger partial charge on any atom is 0.156 e. The van der Waals surface area contributed by atoms with Gasteiger partial charge >= 0.3 is 0 Å². The van der Waals surface area contributed by atoms with Crippen LogP contribution >= 0.6 is 9.03 Å². The summed E-state index contributed by atoms with van der Waals surface area (Å²) in [4.78, 5) is 0. The first-order valence-electron chi connectivity index (χ1n) is 9.68. The van der Waals surface area contributed by atoms with Gasteiger partial charge in [-0.05, 0) is 22.3 Å². The van der Waals surface area contributed by atoms with E-state index in [0.717, 1.165) is 22.3 Å². The van der Waals surface area contributed by atoms with Crippen LogP contribution in [0, 0.1) is 0 Å². The molecular formula is C26H23O2P. The molecular weight excluding hydrogens is 375 g/mol. The molecule has 2 nitrogen and oxygen atoms in total. The van der Waals surface area contributed by atoms with E-state index in [1.165, 1.54) is 0 Å². The Labute approximate surface area is 174 Å². The minimum absolute atomic E-state index is 0.105. The van der Waals surface area contributed by atoms with Crippen LogP contribution in [0.15, 0.2) is 121 Å². The zero-order chi connectivity index (χ0) is 19.7. The quantitative estimate of drug-likeness (QED) is 0.295. The van der Waals surface area contributed by atoms with Gasteiger partial charge in [0, 0.05) is 0 Å². The third kappa shape index (κ3) is 5.19. The molecule has 0 aliphatic rings. The maximum absolute atomic E-state index is 6.29. The molecule has 4 aromatic rings. The Hall–Kier alpha value is -2.77. The van der Waals surface area contributed by atoms with Crippen LogP contribution in [-0.2, 0) is 9.05 Å². The average Bonchev–Trinajstić information content (AvgIpc) is 2.81. The Morgan fingerprint density at radius 3 is 0.862 bits per heavy atom. The van der Waals surface area contributed by atoms with E-state index >= 15 is 0 Å². The highest BCUT2D eigenvalue weighted by molar-refractivity contribution is 7.26. The number of hydrogen-bond donors (Lipinski definition) is 0. The summed E-state index contributed by atoms with van der Waals surface area (Å²) >= 11 is 0. The van der Waals surface area contributed by atoms with Crippen molar-refractivity contribution in [2.45, 2.75) is 12.2 Å². The van der Waals surface area contributed by atoms with Crippen molar-refractivity contribution in [1.29, 1.82) is 0 Å². The highest BCUT2D eigenvalue weighted by Gasteiger charge is 2.18. The summed E-state index contributed by atoms with van der Waals surface area (Å²) in [5.74, 6) is 0. The second kappa shape index (κ2) is 10.1. The normalized spacial score (nSPS) is 11.1. The van der Waals surface area contributed by atoms with E-state index in [9.17, 15) is 0 Å². The predicted molar refractivity (Wildman–Crippen MR) is 120 cm³/mol. The summed E-state index contributed by atoms with van der Waals surface area (Å²) in [7, 11) is -0.105. The topological polar surface area (TPSA) is 18.5 Å². The number of rotatable bonds is 8. The van der Waals surface area contributed by atoms with Gasteiger partial charge in [-0.15, -0.1) is 0 Å². The van der Waals surface area contributed by atoms with Crippen LogP contribution in [0.4, 0.5) is 0 Å². The van der Waals surface area contributed by atoms with E-state index < -0.39 is 0 Å². The summed E-state index contributed by atoms with van der Waals surface area (Å²) < 4.78 is 12.6. The van der Waals surface area contributed by atoms with Gasteiger partial charge in [0.15, 0.2) is 9.03 Å². The van der Waals surface area contributed by atoms with Gasteiger partial charge in [-0.2, -0.15) is 0 Å². The van der Waals surface area contributed by atoms with Crippen LogP contribution in [0.5, 0.6) is 0 Å². The third-order valence-corrected chi connectivity index (χ3v) is 5.41. The standard InChI is InChI=1S/C26H23O2P/c1-5-13-21(14-6-1)25(22-15-7-2-8-16-22)27-29-28-26(23-17-9-3-10-18-23)24-19-11-4-12-20-24/h1-20,25-26,29H. The summed E-state index contributed by atoms with van der Waals surface area (Å²) in [6.07, 6.45) is -0.328. The molecule has 0 spiro atoms. The first-order valence-corrected chi connectivity index (χ1v) is 10.5. The molecule has 0 heterocycles. The molecule has 0 aliphatic carbocycles. The largest absolute Gasteiger partial charge is 0.323 e.